The van der Waals surface area contributed by atoms with Crippen molar-refractivity contribution in [2.45, 2.75) is 98.3 Å². The van der Waals surface area contributed by atoms with Crippen LogP contribution in [0.25, 0.3) is 0 Å². The minimum atomic E-state index is 0.492. The molecule has 108 valence electrons. The van der Waals surface area contributed by atoms with E-state index >= 15 is 0 Å². The lowest BCUT2D eigenvalue weighted by Gasteiger charge is -2.31. The summed E-state index contributed by atoms with van der Waals surface area (Å²) in [5.74, 6) is 1.88. The quantitative estimate of drug-likeness (QED) is 0.520. The number of hydrogen-bond acceptors (Lipinski definition) is 0. The van der Waals surface area contributed by atoms with Crippen LogP contribution in [0.1, 0.15) is 98.3 Å². The summed E-state index contributed by atoms with van der Waals surface area (Å²) >= 11 is 0. The molecule has 1 unspecified atom stereocenters. The van der Waals surface area contributed by atoms with Crippen molar-refractivity contribution in [2.75, 3.05) is 0 Å². The first-order valence-electron chi connectivity index (χ1n) is 8.50. The van der Waals surface area contributed by atoms with Crippen molar-refractivity contribution in [1.82, 2.24) is 0 Å². The molecule has 1 fully saturated rings. The van der Waals surface area contributed by atoms with Gasteiger partial charge in [-0.3, -0.25) is 0 Å². The Bertz CT molecular complexity index is 187. The predicted octanol–water partition coefficient (Wildman–Crippen LogP) is 6.59. The molecule has 0 spiro atoms. The maximum Gasteiger partial charge on any atom is -0.0357 e. The number of rotatable bonds is 2. The zero-order chi connectivity index (χ0) is 13.4. The molecule has 0 radical (unpaired) electrons. The highest BCUT2D eigenvalue weighted by Gasteiger charge is 2.23. The first-order chi connectivity index (χ1) is 8.50. The van der Waals surface area contributed by atoms with Crippen LogP contribution in [-0.4, -0.2) is 0 Å². The summed E-state index contributed by atoms with van der Waals surface area (Å²) in [4.78, 5) is 0. The Hall–Kier alpha value is 0. The Morgan fingerprint density at radius 2 is 1.17 bits per heavy atom. The minimum absolute atomic E-state index is 0.492. The van der Waals surface area contributed by atoms with Crippen LogP contribution in [0.3, 0.4) is 0 Å². The molecule has 1 saturated carbocycles. The summed E-state index contributed by atoms with van der Waals surface area (Å²) in [6.45, 7) is 9.68. The smallest absolute Gasteiger partial charge is 0.0357 e. The summed E-state index contributed by atoms with van der Waals surface area (Å²) < 4.78 is 0. The molecule has 0 aromatic rings. The molecule has 0 heteroatoms. The molecule has 0 heterocycles. The SMILES string of the molecule is CC(CC1CCCCCCCCCC1)C(C)(C)C. The van der Waals surface area contributed by atoms with Crippen molar-refractivity contribution < 1.29 is 0 Å². The van der Waals surface area contributed by atoms with Gasteiger partial charge in [-0.05, 0) is 23.7 Å². The summed E-state index contributed by atoms with van der Waals surface area (Å²) in [6.07, 6.45) is 16.4. The van der Waals surface area contributed by atoms with Crippen LogP contribution in [-0.2, 0) is 0 Å². The second kappa shape index (κ2) is 8.23. The van der Waals surface area contributed by atoms with Crippen LogP contribution in [0.4, 0.5) is 0 Å². The standard InChI is InChI=1S/C18H36/c1-16(18(2,3)4)15-17-13-11-9-7-5-6-8-10-12-14-17/h16-17H,5-15H2,1-4H3. The van der Waals surface area contributed by atoms with Gasteiger partial charge in [-0.25, -0.2) is 0 Å². The fourth-order valence-corrected chi connectivity index (χ4v) is 3.16. The Morgan fingerprint density at radius 3 is 1.56 bits per heavy atom. The van der Waals surface area contributed by atoms with Gasteiger partial charge in [0.25, 0.3) is 0 Å². The van der Waals surface area contributed by atoms with E-state index in [0.29, 0.717) is 5.41 Å². The van der Waals surface area contributed by atoms with Gasteiger partial charge in [-0.2, -0.15) is 0 Å². The molecule has 1 aliphatic rings. The third-order valence-corrected chi connectivity index (χ3v) is 5.14. The lowest BCUT2D eigenvalue weighted by atomic mass is 9.75. The molecule has 0 N–H and O–H groups in total. The molecule has 1 rings (SSSR count). The van der Waals surface area contributed by atoms with Gasteiger partial charge < -0.3 is 0 Å². The Kier molecular flexibility index (Phi) is 7.34. The molecule has 1 atom stereocenters. The highest BCUT2D eigenvalue weighted by Crippen LogP contribution is 2.34. The molecule has 0 aromatic carbocycles. The highest BCUT2D eigenvalue weighted by molar-refractivity contribution is 4.74. The molecule has 0 aromatic heterocycles. The molecule has 1 aliphatic carbocycles. The van der Waals surface area contributed by atoms with E-state index in [0.717, 1.165) is 11.8 Å². The zero-order valence-electron chi connectivity index (χ0n) is 13.4. The van der Waals surface area contributed by atoms with E-state index in [1.54, 1.807) is 0 Å². The summed E-state index contributed by atoms with van der Waals surface area (Å²) in [6, 6.07) is 0. The van der Waals surface area contributed by atoms with Crippen molar-refractivity contribution >= 4 is 0 Å². The Morgan fingerprint density at radius 1 is 0.778 bits per heavy atom. The van der Waals surface area contributed by atoms with Crippen molar-refractivity contribution in [1.29, 1.82) is 0 Å². The molecule has 0 saturated heterocycles. The third kappa shape index (κ3) is 6.81. The first-order valence-corrected chi connectivity index (χ1v) is 8.50. The molecule has 18 heavy (non-hydrogen) atoms. The van der Waals surface area contributed by atoms with E-state index in [4.69, 9.17) is 0 Å². The van der Waals surface area contributed by atoms with Gasteiger partial charge in [-0.1, -0.05) is 91.9 Å². The van der Waals surface area contributed by atoms with E-state index in [9.17, 15) is 0 Å². The van der Waals surface area contributed by atoms with E-state index in [1.165, 1.54) is 70.6 Å². The highest BCUT2D eigenvalue weighted by atomic mass is 14.3. The topological polar surface area (TPSA) is 0 Å². The van der Waals surface area contributed by atoms with Gasteiger partial charge in [0.1, 0.15) is 0 Å². The lowest BCUT2D eigenvalue weighted by molar-refractivity contribution is 0.201. The molecule has 0 nitrogen and oxygen atoms in total. The van der Waals surface area contributed by atoms with Crippen molar-refractivity contribution in [3.63, 3.8) is 0 Å². The van der Waals surface area contributed by atoms with Crippen molar-refractivity contribution in [2.24, 2.45) is 17.3 Å². The van der Waals surface area contributed by atoms with Crippen LogP contribution < -0.4 is 0 Å². The van der Waals surface area contributed by atoms with Crippen LogP contribution in [0.5, 0.6) is 0 Å². The predicted molar refractivity (Wildman–Crippen MR) is 82.9 cm³/mol. The van der Waals surface area contributed by atoms with Crippen LogP contribution in [0, 0.1) is 17.3 Å². The average molecular weight is 252 g/mol. The summed E-state index contributed by atoms with van der Waals surface area (Å²) in [7, 11) is 0. The van der Waals surface area contributed by atoms with E-state index < -0.39 is 0 Å². The van der Waals surface area contributed by atoms with E-state index in [-0.39, 0.29) is 0 Å². The van der Waals surface area contributed by atoms with Gasteiger partial charge in [0.2, 0.25) is 0 Å². The zero-order valence-corrected chi connectivity index (χ0v) is 13.4. The Labute approximate surface area is 116 Å². The first kappa shape index (κ1) is 16.1. The third-order valence-electron chi connectivity index (χ3n) is 5.14. The monoisotopic (exact) mass is 252 g/mol. The average Bonchev–Trinajstić information content (AvgIpc) is 2.34. The maximum atomic E-state index is 2.46. The summed E-state index contributed by atoms with van der Waals surface area (Å²) in [5.41, 5.74) is 0.492. The van der Waals surface area contributed by atoms with Crippen LogP contribution >= 0.6 is 0 Å². The van der Waals surface area contributed by atoms with Gasteiger partial charge in [-0.15, -0.1) is 0 Å². The minimum Gasteiger partial charge on any atom is -0.0620 e. The molecule has 0 bridgehead atoms. The number of hydrogen-bond donors (Lipinski definition) is 0. The Balaban J connectivity index is 2.39. The van der Waals surface area contributed by atoms with Gasteiger partial charge >= 0.3 is 0 Å². The second-order valence-electron chi connectivity index (χ2n) is 7.77. The fraction of sp³-hybridized carbons (Fsp3) is 1.00. The van der Waals surface area contributed by atoms with Gasteiger partial charge in [0, 0.05) is 0 Å². The molecule has 0 aliphatic heterocycles. The van der Waals surface area contributed by atoms with Gasteiger partial charge in [0.15, 0.2) is 0 Å². The second-order valence-corrected chi connectivity index (χ2v) is 7.77. The van der Waals surface area contributed by atoms with Gasteiger partial charge in [0.05, 0.1) is 0 Å². The maximum absolute atomic E-state index is 2.46. The normalized spacial score (nSPS) is 23.3. The van der Waals surface area contributed by atoms with Crippen molar-refractivity contribution in [3.8, 4) is 0 Å². The molecular formula is C18H36. The van der Waals surface area contributed by atoms with Crippen LogP contribution in [0.2, 0.25) is 0 Å². The molecular weight excluding hydrogens is 216 g/mol. The fourth-order valence-electron chi connectivity index (χ4n) is 3.16. The lowest BCUT2D eigenvalue weighted by Crippen LogP contribution is -2.20. The summed E-state index contributed by atoms with van der Waals surface area (Å²) in [5, 5.41) is 0. The van der Waals surface area contributed by atoms with E-state index in [2.05, 4.69) is 27.7 Å². The largest absolute Gasteiger partial charge is 0.0620 e. The van der Waals surface area contributed by atoms with Crippen LogP contribution in [0.15, 0.2) is 0 Å². The molecule has 0 amide bonds. The van der Waals surface area contributed by atoms with E-state index in [1.807, 2.05) is 0 Å². The van der Waals surface area contributed by atoms with Crippen molar-refractivity contribution in [3.05, 3.63) is 0 Å².